The quantitative estimate of drug-likeness (QED) is 0.905. The average Bonchev–Trinajstić information content (AvgIpc) is 2.46. The zero-order valence-corrected chi connectivity index (χ0v) is 13.8. The summed E-state index contributed by atoms with van der Waals surface area (Å²) >= 11 is 3.51. The number of halogens is 1. The maximum atomic E-state index is 12.9. The van der Waals surface area contributed by atoms with Crippen molar-refractivity contribution < 1.29 is 4.21 Å². The van der Waals surface area contributed by atoms with Crippen molar-refractivity contribution >= 4 is 26.7 Å². The molecule has 2 N–H and O–H groups in total. The van der Waals surface area contributed by atoms with Crippen LogP contribution in [0.4, 0.5) is 0 Å². The molecule has 106 valence electrons. The van der Waals surface area contributed by atoms with E-state index in [9.17, 15) is 4.21 Å². The molecule has 0 heterocycles. The van der Waals surface area contributed by atoms with Gasteiger partial charge in [-0.15, -0.1) is 0 Å². The van der Waals surface area contributed by atoms with Gasteiger partial charge in [0.15, 0.2) is 0 Å². The molecule has 0 aliphatic heterocycles. The Morgan fingerprint density at radius 2 is 2.11 bits per heavy atom. The number of hydrogen-bond acceptors (Lipinski definition) is 2. The third-order valence-corrected chi connectivity index (χ3v) is 7.12. The van der Waals surface area contributed by atoms with Gasteiger partial charge in [-0.25, -0.2) is 0 Å². The Balaban J connectivity index is 2.22. The van der Waals surface area contributed by atoms with Crippen LogP contribution < -0.4 is 5.73 Å². The van der Waals surface area contributed by atoms with Crippen molar-refractivity contribution in [2.75, 3.05) is 6.54 Å². The van der Waals surface area contributed by atoms with Gasteiger partial charge in [0.2, 0.25) is 0 Å². The Hall–Kier alpha value is -0.190. The largest absolute Gasteiger partial charge is 0.330 e. The lowest BCUT2D eigenvalue weighted by molar-refractivity contribution is 0.280. The summed E-state index contributed by atoms with van der Waals surface area (Å²) in [7, 11) is -0.961. The first-order valence-electron chi connectivity index (χ1n) is 7.02. The van der Waals surface area contributed by atoms with E-state index in [2.05, 4.69) is 22.9 Å². The summed E-state index contributed by atoms with van der Waals surface area (Å²) in [5, 5.41) is 0.211. The molecule has 4 heteroatoms. The number of benzene rings is 1. The molecule has 0 radical (unpaired) electrons. The standard InChI is InChI=1S/C15H22BrNOS/c1-2-11-7-8-12(10-17)15(9-11)19(18)14-6-4-3-5-13(14)16/h3-6,11-12,15H,2,7-10,17H2,1H3. The first-order valence-corrected chi connectivity index (χ1v) is 9.03. The molecule has 0 amide bonds. The summed E-state index contributed by atoms with van der Waals surface area (Å²) in [5.74, 6) is 1.11. The molecule has 1 aromatic carbocycles. The highest BCUT2D eigenvalue weighted by Gasteiger charge is 2.34. The second-order valence-corrected chi connectivity index (χ2v) is 7.84. The molecule has 1 aliphatic carbocycles. The van der Waals surface area contributed by atoms with Crippen LogP contribution in [0.1, 0.15) is 32.6 Å². The molecule has 1 saturated carbocycles. The lowest BCUT2D eigenvalue weighted by Crippen LogP contribution is -2.37. The molecule has 0 spiro atoms. The van der Waals surface area contributed by atoms with Gasteiger partial charge < -0.3 is 5.73 Å². The van der Waals surface area contributed by atoms with Gasteiger partial charge in [-0.3, -0.25) is 4.21 Å². The molecule has 1 aliphatic rings. The van der Waals surface area contributed by atoms with Crippen LogP contribution in [0, 0.1) is 11.8 Å². The topological polar surface area (TPSA) is 43.1 Å². The SMILES string of the molecule is CCC1CCC(CN)C(S(=O)c2ccccc2Br)C1. The Morgan fingerprint density at radius 1 is 1.37 bits per heavy atom. The van der Waals surface area contributed by atoms with Crippen LogP contribution in [0.2, 0.25) is 0 Å². The predicted molar refractivity (Wildman–Crippen MR) is 84.5 cm³/mol. The lowest BCUT2D eigenvalue weighted by atomic mass is 9.80. The predicted octanol–water partition coefficient (Wildman–Crippen LogP) is 3.71. The maximum Gasteiger partial charge on any atom is 0.0575 e. The molecule has 4 unspecified atom stereocenters. The molecule has 4 atom stereocenters. The third kappa shape index (κ3) is 3.47. The monoisotopic (exact) mass is 343 g/mol. The molecule has 0 bridgehead atoms. The normalized spacial score (nSPS) is 29.1. The van der Waals surface area contributed by atoms with Gasteiger partial charge in [0.05, 0.1) is 15.7 Å². The van der Waals surface area contributed by atoms with E-state index in [0.29, 0.717) is 18.4 Å². The van der Waals surface area contributed by atoms with E-state index in [1.54, 1.807) is 0 Å². The fourth-order valence-electron chi connectivity index (χ4n) is 2.95. The van der Waals surface area contributed by atoms with Crippen LogP contribution in [0.5, 0.6) is 0 Å². The second kappa shape index (κ2) is 7.00. The van der Waals surface area contributed by atoms with E-state index < -0.39 is 10.8 Å². The summed E-state index contributed by atoms with van der Waals surface area (Å²) in [6.07, 6.45) is 4.59. The van der Waals surface area contributed by atoms with Gasteiger partial charge >= 0.3 is 0 Å². The fraction of sp³-hybridized carbons (Fsp3) is 0.600. The van der Waals surface area contributed by atoms with Crippen LogP contribution in [-0.4, -0.2) is 16.0 Å². The van der Waals surface area contributed by atoms with Crippen molar-refractivity contribution in [3.05, 3.63) is 28.7 Å². The summed E-state index contributed by atoms with van der Waals surface area (Å²) in [5.41, 5.74) is 5.89. The Morgan fingerprint density at radius 3 is 2.74 bits per heavy atom. The highest BCUT2D eigenvalue weighted by molar-refractivity contribution is 9.10. The minimum Gasteiger partial charge on any atom is -0.330 e. The van der Waals surface area contributed by atoms with E-state index in [1.165, 1.54) is 12.8 Å². The molecule has 0 saturated heterocycles. The molecular weight excluding hydrogens is 322 g/mol. The summed E-state index contributed by atoms with van der Waals surface area (Å²) in [6.45, 7) is 2.88. The van der Waals surface area contributed by atoms with Gasteiger partial charge in [0, 0.05) is 9.72 Å². The van der Waals surface area contributed by atoms with Crippen molar-refractivity contribution in [2.45, 2.75) is 42.8 Å². The van der Waals surface area contributed by atoms with Crippen molar-refractivity contribution in [3.8, 4) is 0 Å². The molecular formula is C15H22BrNOS. The van der Waals surface area contributed by atoms with Gasteiger partial charge in [-0.2, -0.15) is 0 Å². The van der Waals surface area contributed by atoms with Gasteiger partial charge in [-0.05, 0) is 59.3 Å². The third-order valence-electron chi connectivity index (χ3n) is 4.25. The fourth-order valence-corrected chi connectivity index (χ4v) is 5.55. The molecule has 0 aromatic heterocycles. The molecule has 1 aromatic rings. The van der Waals surface area contributed by atoms with Crippen LogP contribution in [-0.2, 0) is 10.8 Å². The Kier molecular flexibility index (Phi) is 5.60. The highest BCUT2D eigenvalue weighted by atomic mass is 79.9. The van der Waals surface area contributed by atoms with Gasteiger partial charge in [0.1, 0.15) is 0 Å². The highest BCUT2D eigenvalue weighted by Crippen LogP contribution is 2.36. The van der Waals surface area contributed by atoms with Crippen LogP contribution in [0.25, 0.3) is 0 Å². The first-order chi connectivity index (χ1) is 9.17. The van der Waals surface area contributed by atoms with Crippen LogP contribution in [0.15, 0.2) is 33.6 Å². The number of hydrogen-bond donors (Lipinski definition) is 1. The summed E-state index contributed by atoms with van der Waals surface area (Å²) in [6, 6.07) is 7.84. The smallest absolute Gasteiger partial charge is 0.0575 e. The summed E-state index contributed by atoms with van der Waals surface area (Å²) < 4.78 is 13.8. The minimum atomic E-state index is -0.961. The molecule has 2 rings (SSSR count). The number of rotatable bonds is 4. The number of nitrogens with two attached hydrogens (primary N) is 1. The minimum absolute atomic E-state index is 0.211. The van der Waals surface area contributed by atoms with E-state index >= 15 is 0 Å². The van der Waals surface area contributed by atoms with Crippen LogP contribution >= 0.6 is 15.9 Å². The Bertz CT molecular complexity index is 452. The lowest BCUT2D eigenvalue weighted by Gasteiger charge is -2.34. The molecule has 2 nitrogen and oxygen atoms in total. The first kappa shape index (κ1) is 15.2. The van der Waals surface area contributed by atoms with E-state index in [1.807, 2.05) is 24.3 Å². The van der Waals surface area contributed by atoms with Gasteiger partial charge in [0.25, 0.3) is 0 Å². The van der Waals surface area contributed by atoms with Crippen molar-refractivity contribution in [2.24, 2.45) is 17.6 Å². The summed E-state index contributed by atoms with van der Waals surface area (Å²) in [4.78, 5) is 0.919. The van der Waals surface area contributed by atoms with E-state index in [4.69, 9.17) is 5.73 Å². The zero-order valence-electron chi connectivity index (χ0n) is 11.3. The van der Waals surface area contributed by atoms with Crippen molar-refractivity contribution in [1.29, 1.82) is 0 Å². The Labute approximate surface area is 126 Å². The maximum absolute atomic E-state index is 12.9. The zero-order chi connectivity index (χ0) is 13.8. The van der Waals surface area contributed by atoms with E-state index in [-0.39, 0.29) is 5.25 Å². The average molecular weight is 344 g/mol. The van der Waals surface area contributed by atoms with Crippen molar-refractivity contribution in [1.82, 2.24) is 0 Å². The van der Waals surface area contributed by atoms with Crippen molar-refractivity contribution in [3.63, 3.8) is 0 Å². The van der Waals surface area contributed by atoms with Crippen LogP contribution in [0.3, 0.4) is 0 Å². The molecule has 1 fully saturated rings. The second-order valence-electron chi connectivity index (χ2n) is 5.35. The van der Waals surface area contributed by atoms with E-state index in [0.717, 1.165) is 22.2 Å². The molecule has 19 heavy (non-hydrogen) atoms. The van der Waals surface area contributed by atoms with Gasteiger partial charge in [-0.1, -0.05) is 31.9 Å².